The molecule has 0 unspecified atom stereocenters. The fourth-order valence-electron chi connectivity index (χ4n) is 0.856. The van der Waals surface area contributed by atoms with Crippen molar-refractivity contribution in [2.75, 3.05) is 5.88 Å². The Morgan fingerprint density at radius 3 is 2.42 bits per heavy atom. The second-order valence-corrected chi connectivity index (χ2v) is 3.25. The molecule has 1 rings (SSSR count). The monoisotopic (exact) mass is 200 g/mol. The summed E-state index contributed by atoms with van der Waals surface area (Å²) in [6, 6.07) is 7.71. The van der Waals surface area contributed by atoms with Crippen molar-refractivity contribution < 1.29 is 0 Å². The molecule has 0 aliphatic rings. The molecule has 0 saturated carbocycles. The molecule has 0 aliphatic carbocycles. The summed E-state index contributed by atoms with van der Waals surface area (Å²) in [5, 5.41) is 0.768. The minimum Gasteiger partial charge on any atom is -0.126 e. The Morgan fingerprint density at radius 2 is 1.83 bits per heavy atom. The summed E-state index contributed by atoms with van der Waals surface area (Å²) in [6.07, 6.45) is 5.00. The molecule has 0 spiro atoms. The average Bonchev–Trinajstić information content (AvgIpc) is 2.09. The summed E-state index contributed by atoms with van der Waals surface area (Å²) in [7, 11) is 0. The number of alkyl halides is 1. The molecule has 0 aliphatic heterocycles. The second kappa shape index (κ2) is 5.23. The Kier molecular flexibility index (Phi) is 4.20. The van der Waals surface area contributed by atoms with E-state index in [1.807, 2.05) is 30.3 Å². The van der Waals surface area contributed by atoms with E-state index in [1.54, 1.807) is 0 Å². The Balaban J connectivity index is 2.58. The zero-order valence-electron chi connectivity index (χ0n) is 6.63. The van der Waals surface area contributed by atoms with Gasteiger partial charge >= 0.3 is 0 Å². The number of hydrogen-bond acceptors (Lipinski definition) is 0. The van der Waals surface area contributed by atoms with E-state index in [-0.39, 0.29) is 0 Å². The van der Waals surface area contributed by atoms with Crippen LogP contribution in [0.25, 0.3) is 6.08 Å². The first-order valence-electron chi connectivity index (χ1n) is 3.81. The number of rotatable bonds is 3. The average molecular weight is 201 g/mol. The van der Waals surface area contributed by atoms with Crippen molar-refractivity contribution in [3.63, 3.8) is 0 Å². The third kappa shape index (κ3) is 3.29. The van der Waals surface area contributed by atoms with Crippen LogP contribution in [0.4, 0.5) is 0 Å². The molecule has 64 valence electrons. The van der Waals surface area contributed by atoms with Crippen molar-refractivity contribution in [3.8, 4) is 0 Å². The van der Waals surface area contributed by atoms with Crippen LogP contribution in [0, 0.1) is 0 Å². The quantitative estimate of drug-likeness (QED) is 0.648. The highest BCUT2D eigenvalue weighted by Crippen LogP contribution is 2.10. The van der Waals surface area contributed by atoms with Crippen LogP contribution in [-0.4, -0.2) is 5.88 Å². The van der Waals surface area contributed by atoms with Crippen LogP contribution in [0.3, 0.4) is 0 Å². The van der Waals surface area contributed by atoms with Gasteiger partial charge in [-0.15, -0.1) is 11.6 Å². The lowest BCUT2D eigenvalue weighted by Crippen LogP contribution is -1.71. The summed E-state index contributed by atoms with van der Waals surface area (Å²) in [5.74, 6) is 0.671. The molecule has 0 saturated heterocycles. The van der Waals surface area contributed by atoms with E-state index < -0.39 is 0 Å². The van der Waals surface area contributed by atoms with Crippen molar-refractivity contribution in [2.45, 2.75) is 6.42 Å². The highest BCUT2D eigenvalue weighted by molar-refractivity contribution is 6.30. The lowest BCUT2D eigenvalue weighted by Gasteiger charge is -1.92. The third-order valence-corrected chi connectivity index (χ3v) is 1.93. The van der Waals surface area contributed by atoms with E-state index in [9.17, 15) is 0 Å². The molecule has 0 atom stereocenters. The number of hydrogen-bond donors (Lipinski definition) is 0. The molecule has 0 aromatic heterocycles. The molecule has 2 heteroatoms. The molecule has 0 N–H and O–H groups in total. The maximum absolute atomic E-state index is 5.73. The van der Waals surface area contributed by atoms with Gasteiger partial charge in [-0.1, -0.05) is 35.9 Å². The van der Waals surface area contributed by atoms with Crippen LogP contribution in [0.1, 0.15) is 12.0 Å². The van der Waals surface area contributed by atoms with E-state index in [0.29, 0.717) is 5.88 Å². The maximum atomic E-state index is 5.73. The van der Waals surface area contributed by atoms with E-state index in [2.05, 4.69) is 6.08 Å². The van der Waals surface area contributed by atoms with Crippen molar-refractivity contribution in [2.24, 2.45) is 0 Å². The normalized spacial score (nSPS) is 10.8. The van der Waals surface area contributed by atoms with Gasteiger partial charge in [-0.3, -0.25) is 0 Å². The van der Waals surface area contributed by atoms with Gasteiger partial charge in [0.2, 0.25) is 0 Å². The molecular weight excluding hydrogens is 191 g/mol. The lowest BCUT2D eigenvalue weighted by molar-refractivity contribution is 1.24. The lowest BCUT2D eigenvalue weighted by atomic mass is 10.2. The number of benzene rings is 1. The Bertz CT molecular complexity index is 249. The van der Waals surface area contributed by atoms with E-state index in [4.69, 9.17) is 23.2 Å². The first kappa shape index (κ1) is 9.63. The van der Waals surface area contributed by atoms with Gasteiger partial charge in [0.1, 0.15) is 0 Å². The van der Waals surface area contributed by atoms with Gasteiger partial charge in [0, 0.05) is 10.9 Å². The van der Waals surface area contributed by atoms with Crippen LogP contribution in [-0.2, 0) is 0 Å². The molecule has 0 bridgehead atoms. The van der Waals surface area contributed by atoms with Gasteiger partial charge in [0.05, 0.1) is 0 Å². The number of allylic oxidation sites excluding steroid dienone is 1. The van der Waals surface area contributed by atoms with Gasteiger partial charge in [-0.25, -0.2) is 0 Å². The SMILES string of the molecule is ClCC/C=C/c1ccc(Cl)cc1. The van der Waals surface area contributed by atoms with Crippen molar-refractivity contribution in [1.29, 1.82) is 0 Å². The van der Waals surface area contributed by atoms with E-state index in [0.717, 1.165) is 17.0 Å². The predicted octanol–water partition coefficient (Wildman–Crippen LogP) is 3.98. The van der Waals surface area contributed by atoms with E-state index in [1.165, 1.54) is 0 Å². The summed E-state index contributed by atoms with van der Waals surface area (Å²) in [5.41, 5.74) is 1.16. The van der Waals surface area contributed by atoms with Gasteiger partial charge in [-0.2, -0.15) is 0 Å². The fraction of sp³-hybridized carbons (Fsp3) is 0.200. The van der Waals surface area contributed by atoms with Gasteiger partial charge in [0.15, 0.2) is 0 Å². The molecule has 0 nitrogen and oxygen atoms in total. The van der Waals surface area contributed by atoms with Crippen LogP contribution in [0.2, 0.25) is 5.02 Å². The third-order valence-electron chi connectivity index (χ3n) is 1.46. The zero-order valence-corrected chi connectivity index (χ0v) is 8.15. The summed E-state index contributed by atoms with van der Waals surface area (Å²) in [4.78, 5) is 0. The summed E-state index contributed by atoms with van der Waals surface area (Å²) in [6.45, 7) is 0. The van der Waals surface area contributed by atoms with Crippen LogP contribution >= 0.6 is 23.2 Å². The highest BCUT2D eigenvalue weighted by atomic mass is 35.5. The predicted molar refractivity (Wildman–Crippen MR) is 55.8 cm³/mol. The minimum absolute atomic E-state index is 0.671. The fourth-order valence-corrected chi connectivity index (χ4v) is 1.11. The molecule has 0 radical (unpaired) electrons. The van der Waals surface area contributed by atoms with Crippen LogP contribution < -0.4 is 0 Å². The first-order chi connectivity index (χ1) is 5.83. The largest absolute Gasteiger partial charge is 0.126 e. The van der Waals surface area contributed by atoms with Crippen molar-refractivity contribution >= 4 is 29.3 Å². The van der Waals surface area contributed by atoms with Crippen LogP contribution in [0.15, 0.2) is 30.3 Å². The smallest absolute Gasteiger partial charge is 0.0406 e. The highest BCUT2D eigenvalue weighted by Gasteiger charge is 1.86. The Hall–Kier alpha value is -0.460. The molecule has 1 aromatic carbocycles. The Morgan fingerprint density at radius 1 is 1.17 bits per heavy atom. The summed E-state index contributed by atoms with van der Waals surface area (Å²) < 4.78 is 0. The summed E-state index contributed by atoms with van der Waals surface area (Å²) >= 11 is 11.2. The molecule has 12 heavy (non-hydrogen) atoms. The zero-order chi connectivity index (χ0) is 8.81. The molecule has 0 fully saturated rings. The topological polar surface area (TPSA) is 0 Å². The standard InChI is InChI=1S/C10H10Cl2/c11-8-2-1-3-9-4-6-10(12)7-5-9/h1,3-7H,2,8H2/b3-1+. The maximum Gasteiger partial charge on any atom is 0.0406 e. The molecule has 0 heterocycles. The van der Waals surface area contributed by atoms with Gasteiger partial charge in [0.25, 0.3) is 0 Å². The minimum atomic E-state index is 0.671. The van der Waals surface area contributed by atoms with Crippen molar-refractivity contribution in [3.05, 3.63) is 40.9 Å². The van der Waals surface area contributed by atoms with Gasteiger partial charge < -0.3 is 0 Å². The van der Waals surface area contributed by atoms with Crippen molar-refractivity contribution in [1.82, 2.24) is 0 Å². The Labute approximate surface area is 82.8 Å². The number of halogens is 2. The second-order valence-electron chi connectivity index (χ2n) is 2.43. The first-order valence-corrected chi connectivity index (χ1v) is 4.72. The van der Waals surface area contributed by atoms with Gasteiger partial charge in [-0.05, 0) is 24.1 Å². The molecular formula is C10H10Cl2. The molecule has 1 aromatic rings. The molecule has 0 amide bonds. The van der Waals surface area contributed by atoms with Crippen LogP contribution in [0.5, 0.6) is 0 Å². The van der Waals surface area contributed by atoms with E-state index >= 15 is 0 Å².